The van der Waals surface area contributed by atoms with Gasteiger partial charge in [0.1, 0.15) is 0 Å². The molecule has 0 aromatic carbocycles. The second kappa shape index (κ2) is 5.33. The Balaban J connectivity index is 2.18. The summed E-state index contributed by atoms with van der Waals surface area (Å²) in [5, 5.41) is 5.21. The molecule has 2 N–H and O–H groups in total. The first-order valence-corrected chi connectivity index (χ1v) is 6.82. The molecule has 0 saturated carbocycles. The van der Waals surface area contributed by atoms with E-state index < -0.39 is 22.6 Å². The molecule has 1 atom stereocenters. The third-order valence-electron chi connectivity index (χ3n) is 2.30. The summed E-state index contributed by atoms with van der Waals surface area (Å²) in [5.41, 5.74) is 0. The minimum Gasteiger partial charge on any atom is -0.312 e. The molecular formula is C8H15F3N2O2S. The predicted octanol–water partition coefficient (Wildman–Crippen LogP) is -0.0850. The zero-order valence-electron chi connectivity index (χ0n) is 8.68. The molecule has 96 valence electrons. The van der Waals surface area contributed by atoms with Crippen LogP contribution >= 0.6 is 0 Å². The van der Waals surface area contributed by atoms with Gasteiger partial charge in [0, 0.05) is 12.6 Å². The Morgan fingerprint density at radius 3 is 2.62 bits per heavy atom. The number of nitrogens with one attached hydrogen (secondary N) is 2. The Morgan fingerprint density at radius 2 is 2.06 bits per heavy atom. The summed E-state index contributed by atoms with van der Waals surface area (Å²) in [4.78, 5) is 0. The summed E-state index contributed by atoms with van der Waals surface area (Å²) < 4.78 is 57.7. The summed E-state index contributed by atoms with van der Waals surface area (Å²) in [5.74, 6) is 0.125. The molecule has 1 aliphatic heterocycles. The van der Waals surface area contributed by atoms with Crippen molar-refractivity contribution < 1.29 is 21.6 Å². The second-order valence-corrected chi connectivity index (χ2v) is 6.07. The number of hydrogen-bond donors (Lipinski definition) is 2. The molecule has 0 aromatic rings. The van der Waals surface area contributed by atoms with E-state index in [1.54, 1.807) is 0 Å². The first-order valence-electron chi connectivity index (χ1n) is 5.00. The number of halogens is 3. The highest BCUT2D eigenvalue weighted by Gasteiger charge is 2.27. The van der Waals surface area contributed by atoms with E-state index >= 15 is 0 Å². The monoisotopic (exact) mass is 260 g/mol. The standard InChI is InChI=1S/C8H15F3N2O2S/c9-8(10,11)6-12-2-1-7-5-16(14,15)4-3-13-7/h7,12-13H,1-6H2. The third kappa shape index (κ3) is 5.66. The van der Waals surface area contributed by atoms with E-state index in [2.05, 4.69) is 10.6 Å². The fraction of sp³-hybridized carbons (Fsp3) is 1.00. The summed E-state index contributed by atoms with van der Waals surface area (Å²) in [6.07, 6.45) is -3.83. The maximum Gasteiger partial charge on any atom is 0.401 e. The van der Waals surface area contributed by atoms with Crippen molar-refractivity contribution in [2.45, 2.75) is 18.6 Å². The predicted molar refractivity (Wildman–Crippen MR) is 54.0 cm³/mol. The van der Waals surface area contributed by atoms with Crippen molar-refractivity contribution in [1.29, 1.82) is 0 Å². The van der Waals surface area contributed by atoms with Gasteiger partial charge in [-0.3, -0.25) is 0 Å². The van der Waals surface area contributed by atoms with Crippen LogP contribution in [0.2, 0.25) is 0 Å². The summed E-state index contributed by atoms with van der Waals surface area (Å²) in [6, 6.07) is -0.237. The van der Waals surface area contributed by atoms with Gasteiger partial charge in [0.05, 0.1) is 18.1 Å². The molecule has 0 spiro atoms. The van der Waals surface area contributed by atoms with Crippen LogP contribution in [0.15, 0.2) is 0 Å². The van der Waals surface area contributed by atoms with E-state index in [-0.39, 0.29) is 24.1 Å². The van der Waals surface area contributed by atoms with Crippen LogP contribution in [0.1, 0.15) is 6.42 Å². The first-order chi connectivity index (χ1) is 7.29. The van der Waals surface area contributed by atoms with Crippen molar-refractivity contribution in [3.05, 3.63) is 0 Å². The van der Waals surface area contributed by atoms with Crippen molar-refractivity contribution >= 4 is 9.84 Å². The van der Waals surface area contributed by atoms with Crippen LogP contribution in [-0.2, 0) is 9.84 Å². The van der Waals surface area contributed by atoms with E-state index in [1.165, 1.54) is 0 Å². The number of alkyl halides is 3. The molecule has 1 aliphatic rings. The normalized spacial score (nSPS) is 25.6. The molecule has 1 heterocycles. The van der Waals surface area contributed by atoms with Crippen LogP contribution in [0, 0.1) is 0 Å². The highest BCUT2D eigenvalue weighted by molar-refractivity contribution is 7.91. The lowest BCUT2D eigenvalue weighted by molar-refractivity contribution is -0.124. The average Bonchev–Trinajstić information content (AvgIpc) is 2.09. The van der Waals surface area contributed by atoms with Gasteiger partial charge in [0.25, 0.3) is 0 Å². The van der Waals surface area contributed by atoms with Crippen molar-refractivity contribution in [2.24, 2.45) is 0 Å². The molecule has 0 aliphatic carbocycles. The molecule has 0 radical (unpaired) electrons. The highest BCUT2D eigenvalue weighted by atomic mass is 32.2. The maximum absolute atomic E-state index is 11.8. The molecule has 8 heteroatoms. The van der Waals surface area contributed by atoms with Crippen LogP contribution in [0.5, 0.6) is 0 Å². The Labute approximate surface area is 92.5 Å². The largest absolute Gasteiger partial charge is 0.401 e. The summed E-state index contributed by atoms with van der Waals surface area (Å²) in [6.45, 7) is -0.495. The topological polar surface area (TPSA) is 58.2 Å². The summed E-state index contributed by atoms with van der Waals surface area (Å²) >= 11 is 0. The van der Waals surface area contributed by atoms with Crippen molar-refractivity contribution in [3.63, 3.8) is 0 Å². The minimum atomic E-state index is -4.22. The van der Waals surface area contributed by atoms with Gasteiger partial charge in [-0.15, -0.1) is 0 Å². The van der Waals surface area contributed by atoms with Crippen LogP contribution < -0.4 is 10.6 Å². The SMILES string of the molecule is O=S1(=O)CCNC(CCNCC(F)(F)F)C1. The van der Waals surface area contributed by atoms with E-state index in [0.29, 0.717) is 13.0 Å². The zero-order valence-corrected chi connectivity index (χ0v) is 9.50. The third-order valence-corrected chi connectivity index (χ3v) is 4.03. The maximum atomic E-state index is 11.8. The van der Waals surface area contributed by atoms with E-state index in [1.807, 2.05) is 0 Å². The van der Waals surface area contributed by atoms with Crippen LogP contribution in [0.4, 0.5) is 13.2 Å². The van der Waals surface area contributed by atoms with Gasteiger partial charge in [0.15, 0.2) is 9.84 Å². The molecule has 0 amide bonds. The Kier molecular flexibility index (Phi) is 4.57. The quantitative estimate of drug-likeness (QED) is 0.694. The number of hydrogen-bond acceptors (Lipinski definition) is 4. The Hall–Kier alpha value is -0.340. The minimum absolute atomic E-state index is 0.0146. The Morgan fingerprint density at radius 1 is 1.38 bits per heavy atom. The van der Waals surface area contributed by atoms with Crippen molar-refractivity contribution in [1.82, 2.24) is 10.6 Å². The van der Waals surface area contributed by atoms with Crippen LogP contribution in [-0.4, -0.2) is 51.8 Å². The van der Waals surface area contributed by atoms with Gasteiger partial charge in [-0.25, -0.2) is 8.42 Å². The first kappa shape index (κ1) is 13.7. The lowest BCUT2D eigenvalue weighted by atomic mass is 10.2. The van der Waals surface area contributed by atoms with Gasteiger partial charge >= 0.3 is 6.18 Å². The number of rotatable bonds is 4. The van der Waals surface area contributed by atoms with Gasteiger partial charge < -0.3 is 10.6 Å². The van der Waals surface area contributed by atoms with Crippen molar-refractivity contribution in [2.75, 3.05) is 31.1 Å². The van der Waals surface area contributed by atoms with Crippen LogP contribution in [0.25, 0.3) is 0 Å². The van der Waals surface area contributed by atoms with E-state index in [0.717, 1.165) is 0 Å². The summed E-state index contributed by atoms with van der Waals surface area (Å²) in [7, 11) is -3.01. The van der Waals surface area contributed by atoms with Crippen LogP contribution in [0.3, 0.4) is 0 Å². The molecule has 1 rings (SSSR count). The lowest BCUT2D eigenvalue weighted by Crippen LogP contribution is -2.46. The molecule has 1 unspecified atom stereocenters. The highest BCUT2D eigenvalue weighted by Crippen LogP contribution is 2.12. The number of sulfone groups is 1. The van der Waals surface area contributed by atoms with E-state index in [4.69, 9.17) is 0 Å². The second-order valence-electron chi connectivity index (χ2n) is 3.85. The van der Waals surface area contributed by atoms with Gasteiger partial charge in [-0.2, -0.15) is 13.2 Å². The molecule has 1 saturated heterocycles. The molecule has 16 heavy (non-hydrogen) atoms. The zero-order chi connectivity index (χ0) is 12.2. The molecule has 4 nitrogen and oxygen atoms in total. The fourth-order valence-electron chi connectivity index (χ4n) is 1.56. The average molecular weight is 260 g/mol. The van der Waals surface area contributed by atoms with E-state index in [9.17, 15) is 21.6 Å². The molecule has 1 fully saturated rings. The molecule has 0 bridgehead atoms. The molecule has 0 aromatic heterocycles. The van der Waals surface area contributed by atoms with Gasteiger partial charge in [-0.05, 0) is 13.0 Å². The molecular weight excluding hydrogens is 245 g/mol. The Bertz CT molecular complexity index is 316. The smallest absolute Gasteiger partial charge is 0.312 e. The fourth-order valence-corrected chi connectivity index (χ4v) is 3.05. The lowest BCUT2D eigenvalue weighted by Gasteiger charge is -2.23. The van der Waals surface area contributed by atoms with Gasteiger partial charge in [-0.1, -0.05) is 0 Å². The van der Waals surface area contributed by atoms with Crippen molar-refractivity contribution in [3.8, 4) is 0 Å². The van der Waals surface area contributed by atoms with Gasteiger partial charge in [0.2, 0.25) is 0 Å².